The van der Waals surface area contributed by atoms with E-state index in [1.54, 1.807) is 11.3 Å². The highest BCUT2D eigenvalue weighted by atomic mass is 32.1. The fourth-order valence-electron chi connectivity index (χ4n) is 1.40. The summed E-state index contributed by atoms with van der Waals surface area (Å²) in [4.78, 5) is 14.0. The number of carbonyl (C=O) groups excluding carboxylic acids is 1. The van der Waals surface area contributed by atoms with Crippen LogP contribution in [0.15, 0.2) is 6.07 Å². The van der Waals surface area contributed by atoms with Crippen molar-refractivity contribution < 1.29 is 9.53 Å². The molecule has 0 unspecified atom stereocenters. The molecule has 0 saturated heterocycles. The molecule has 1 heterocycles. The van der Waals surface area contributed by atoms with E-state index >= 15 is 0 Å². The zero-order valence-corrected chi connectivity index (χ0v) is 12.0. The summed E-state index contributed by atoms with van der Waals surface area (Å²) < 4.78 is 5.21. The van der Waals surface area contributed by atoms with Gasteiger partial charge in [-0.05, 0) is 46.2 Å². The molecule has 96 valence electrons. The molecule has 0 spiro atoms. The zero-order valence-electron chi connectivity index (χ0n) is 11.2. The lowest BCUT2D eigenvalue weighted by molar-refractivity contribution is -0.153. The molecule has 0 aliphatic heterocycles. The number of carbonyl (C=O) groups is 1. The Hall–Kier alpha value is -0.870. The summed E-state index contributed by atoms with van der Waals surface area (Å²) in [5.41, 5.74) is 0.901. The van der Waals surface area contributed by atoms with Crippen LogP contribution in [0.5, 0.6) is 0 Å². The van der Waals surface area contributed by atoms with Crippen molar-refractivity contribution in [3.8, 4) is 0 Å². The quantitative estimate of drug-likeness (QED) is 0.841. The smallest absolute Gasteiger partial charge is 0.320 e. The van der Waals surface area contributed by atoms with Gasteiger partial charge in [-0.15, -0.1) is 11.3 Å². The molecule has 1 aromatic rings. The molecular weight excluding hydrogens is 234 g/mol. The molecule has 1 N–H and O–H groups in total. The summed E-state index contributed by atoms with van der Waals surface area (Å²) in [6, 6.07) is 2.15. The third kappa shape index (κ3) is 5.33. The van der Waals surface area contributed by atoms with Gasteiger partial charge in [0, 0.05) is 16.3 Å². The van der Waals surface area contributed by atoms with Crippen molar-refractivity contribution in [2.24, 2.45) is 0 Å². The van der Waals surface area contributed by atoms with Crippen LogP contribution in [0, 0.1) is 13.8 Å². The van der Waals surface area contributed by atoms with Gasteiger partial charge in [0.15, 0.2) is 0 Å². The van der Waals surface area contributed by atoms with Crippen LogP contribution in [0.1, 0.15) is 36.1 Å². The van der Waals surface area contributed by atoms with E-state index < -0.39 is 5.60 Å². The molecule has 4 heteroatoms. The number of hydrogen-bond acceptors (Lipinski definition) is 4. The van der Waals surface area contributed by atoms with Crippen LogP contribution in [-0.4, -0.2) is 18.1 Å². The minimum Gasteiger partial charge on any atom is -0.459 e. The topological polar surface area (TPSA) is 38.3 Å². The van der Waals surface area contributed by atoms with E-state index in [4.69, 9.17) is 4.74 Å². The van der Waals surface area contributed by atoms with Gasteiger partial charge < -0.3 is 10.1 Å². The largest absolute Gasteiger partial charge is 0.459 e. The molecule has 17 heavy (non-hydrogen) atoms. The fraction of sp³-hybridized carbons (Fsp3) is 0.615. The molecule has 0 saturated carbocycles. The second-order valence-corrected chi connectivity index (χ2v) is 6.48. The highest BCUT2D eigenvalue weighted by Gasteiger charge is 2.15. The second-order valence-electron chi connectivity index (χ2n) is 5.14. The number of aryl methyl sites for hydroxylation is 2. The van der Waals surface area contributed by atoms with Crippen LogP contribution >= 0.6 is 11.3 Å². The summed E-state index contributed by atoms with van der Waals surface area (Å²) in [5, 5.41) is 3.10. The Kier molecular flexibility index (Phi) is 4.71. The molecule has 0 bridgehead atoms. The van der Waals surface area contributed by atoms with Gasteiger partial charge in [-0.25, -0.2) is 0 Å². The van der Waals surface area contributed by atoms with Gasteiger partial charge >= 0.3 is 5.97 Å². The first-order valence-electron chi connectivity index (χ1n) is 5.76. The van der Waals surface area contributed by atoms with E-state index in [0.717, 1.165) is 6.54 Å². The lowest BCUT2D eigenvalue weighted by atomic mass is 10.2. The first-order valence-corrected chi connectivity index (χ1v) is 6.58. The SMILES string of the molecule is Cc1cc(CNCC(=O)OC(C)(C)C)sc1C. The third-order valence-electron chi connectivity index (χ3n) is 2.21. The standard InChI is InChI=1S/C13H21NO2S/c1-9-6-11(17-10(9)2)7-14-8-12(15)16-13(3,4)5/h6,14H,7-8H2,1-5H3. The van der Waals surface area contributed by atoms with Crippen molar-refractivity contribution >= 4 is 17.3 Å². The lowest BCUT2D eigenvalue weighted by Crippen LogP contribution is -2.31. The third-order valence-corrected chi connectivity index (χ3v) is 3.36. The number of ether oxygens (including phenoxy) is 1. The van der Waals surface area contributed by atoms with Crippen molar-refractivity contribution in [1.29, 1.82) is 0 Å². The molecule has 0 fully saturated rings. The number of thiophene rings is 1. The first kappa shape index (κ1) is 14.2. The van der Waals surface area contributed by atoms with Crippen molar-refractivity contribution in [3.63, 3.8) is 0 Å². The van der Waals surface area contributed by atoms with Crippen LogP contribution < -0.4 is 5.32 Å². The van der Waals surface area contributed by atoms with Crippen molar-refractivity contribution in [2.75, 3.05) is 6.54 Å². The van der Waals surface area contributed by atoms with Gasteiger partial charge in [-0.3, -0.25) is 4.79 Å². The highest BCUT2D eigenvalue weighted by Crippen LogP contribution is 2.20. The average Bonchev–Trinajstić information content (AvgIpc) is 2.43. The van der Waals surface area contributed by atoms with Crippen LogP contribution in [0.25, 0.3) is 0 Å². The molecule has 0 aliphatic rings. The minimum absolute atomic E-state index is 0.206. The molecule has 0 radical (unpaired) electrons. The van der Waals surface area contributed by atoms with Gasteiger partial charge in [-0.2, -0.15) is 0 Å². The van der Waals surface area contributed by atoms with Gasteiger partial charge in [0.25, 0.3) is 0 Å². The van der Waals surface area contributed by atoms with Crippen LogP contribution in [0.2, 0.25) is 0 Å². The maximum Gasteiger partial charge on any atom is 0.320 e. The van der Waals surface area contributed by atoms with Gasteiger partial charge in [0.05, 0.1) is 6.54 Å². The number of rotatable bonds is 4. The molecule has 3 nitrogen and oxygen atoms in total. The number of hydrogen-bond donors (Lipinski definition) is 1. The maximum absolute atomic E-state index is 11.4. The molecule has 1 rings (SSSR count). The van der Waals surface area contributed by atoms with Crippen LogP contribution in [-0.2, 0) is 16.1 Å². The first-order chi connectivity index (χ1) is 7.78. The van der Waals surface area contributed by atoms with Crippen molar-refractivity contribution in [3.05, 3.63) is 21.4 Å². The van der Waals surface area contributed by atoms with Gasteiger partial charge in [-0.1, -0.05) is 0 Å². The predicted octanol–water partition coefficient (Wildman–Crippen LogP) is 2.80. The summed E-state index contributed by atoms with van der Waals surface area (Å²) in [6.45, 7) is 10.8. The summed E-state index contributed by atoms with van der Waals surface area (Å²) >= 11 is 1.76. The van der Waals surface area contributed by atoms with Crippen LogP contribution in [0.3, 0.4) is 0 Å². The molecule has 0 atom stereocenters. The van der Waals surface area contributed by atoms with E-state index in [0.29, 0.717) is 0 Å². The zero-order chi connectivity index (χ0) is 13.1. The highest BCUT2D eigenvalue weighted by molar-refractivity contribution is 7.12. The monoisotopic (exact) mass is 255 g/mol. The molecule has 1 aromatic heterocycles. The molecule has 0 aromatic carbocycles. The van der Waals surface area contributed by atoms with E-state index in [1.165, 1.54) is 15.3 Å². The Balaban J connectivity index is 2.31. The van der Waals surface area contributed by atoms with Gasteiger partial charge in [0.2, 0.25) is 0 Å². The van der Waals surface area contributed by atoms with Crippen LogP contribution in [0.4, 0.5) is 0 Å². The average molecular weight is 255 g/mol. The fourth-order valence-corrected chi connectivity index (χ4v) is 2.43. The normalized spacial score (nSPS) is 11.6. The van der Waals surface area contributed by atoms with Crippen molar-refractivity contribution in [1.82, 2.24) is 5.32 Å². The Morgan fingerprint density at radius 3 is 2.53 bits per heavy atom. The Morgan fingerprint density at radius 2 is 2.06 bits per heavy atom. The molecular formula is C13H21NO2S. The predicted molar refractivity (Wildman–Crippen MR) is 71.3 cm³/mol. The van der Waals surface area contributed by atoms with E-state index in [9.17, 15) is 4.79 Å². The summed E-state index contributed by atoms with van der Waals surface area (Å²) in [5.74, 6) is -0.206. The Morgan fingerprint density at radius 1 is 1.41 bits per heavy atom. The maximum atomic E-state index is 11.4. The lowest BCUT2D eigenvalue weighted by Gasteiger charge is -2.19. The number of nitrogens with one attached hydrogen (secondary N) is 1. The Bertz CT molecular complexity index is 371. The van der Waals surface area contributed by atoms with Crippen molar-refractivity contribution in [2.45, 2.75) is 46.8 Å². The summed E-state index contributed by atoms with van der Waals surface area (Å²) in [6.07, 6.45) is 0. The molecule has 0 aliphatic carbocycles. The molecule has 0 amide bonds. The summed E-state index contributed by atoms with van der Waals surface area (Å²) in [7, 11) is 0. The number of esters is 1. The van der Waals surface area contributed by atoms with E-state index in [2.05, 4.69) is 25.2 Å². The van der Waals surface area contributed by atoms with E-state index in [1.807, 2.05) is 20.8 Å². The van der Waals surface area contributed by atoms with Gasteiger partial charge in [0.1, 0.15) is 5.60 Å². The second kappa shape index (κ2) is 5.65. The van der Waals surface area contributed by atoms with E-state index in [-0.39, 0.29) is 12.5 Å². The minimum atomic E-state index is -0.408. The Labute approximate surface area is 107 Å².